The van der Waals surface area contributed by atoms with Gasteiger partial charge in [0.15, 0.2) is 0 Å². The molecule has 0 rings (SSSR count). The molecule has 0 aliphatic carbocycles. The van der Waals surface area contributed by atoms with Gasteiger partial charge in [-0.05, 0) is 52.9 Å². The Balaban J connectivity index is 3.90. The van der Waals surface area contributed by atoms with Crippen molar-refractivity contribution < 1.29 is 13.3 Å². The highest BCUT2D eigenvalue weighted by atomic mass is 28.3. The van der Waals surface area contributed by atoms with Crippen molar-refractivity contribution in [1.82, 2.24) is 10.6 Å². The van der Waals surface area contributed by atoms with Crippen LogP contribution in [0.3, 0.4) is 0 Å². The van der Waals surface area contributed by atoms with Crippen LogP contribution in [0.15, 0.2) is 0 Å². The van der Waals surface area contributed by atoms with E-state index in [1.54, 1.807) is 14.2 Å². The van der Waals surface area contributed by atoms with Crippen molar-refractivity contribution in [2.24, 2.45) is 0 Å². The molecule has 0 spiro atoms. The minimum Gasteiger partial charge on any atom is -0.379 e. The summed E-state index contributed by atoms with van der Waals surface area (Å²) < 4.78 is 16.3. The number of hydrogen-bond donors (Lipinski definition) is 2. The summed E-state index contributed by atoms with van der Waals surface area (Å²) in [6, 6.07) is 0. The lowest BCUT2D eigenvalue weighted by Crippen LogP contribution is -2.31. The fourth-order valence-corrected chi connectivity index (χ4v) is 2.66. The van der Waals surface area contributed by atoms with Crippen molar-refractivity contribution in [3.63, 3.8) is 0 Å². The number of rotatable bonds is 12. The molecule has 0 unspecified atom stereocenters. The van der Waals surface area contributed by atoms with Crippen LogP contribution >= 0.6 is 0 Å². The molecule has 0 aromatic carbocycles. The van der Waals surface area contributed by atoms with E-state index in [9.17, 15) is 0 Å². The van der Waals surface area contributed by atoms with Gasteiger partial charge in [-0.3, -0.25) is 0 Å². The van der Waals surface area contributed by atoms with Crippen LogP contribution in [0.2, 0.25) is 0 Å². The standard InChI is InChI=1S/C11H28N2O3Si/c1-12-9-5-7-11(8-6-10-13-2)16-17(14-3)15-4/h11-13,17H,5-10H2,1-4H3. The molecule has 0 aliphatic rings. The predicted octanol–water partition coefficient (Wildman–Crippen LogP) is 0.381. The third-order valence-corrected chi connectivity index (χ3v) is 3.97. The van der Waals surface area contributed by atoms with Crippen molar-refractivity contribution in [3.05, 3.63) is 0 Å². The van der Waals surface area contributed by atoms with Gasteiger partial charge in [-0.15, -0.1) is 0 Å². The van der Waals surface area contributed by atoms with E-state index in [4.69, 9.17) is 13.3 Å². The fraction of sp³-hybridized carbons (Fsp3) is 1.00. The zero-order valence-electron chi connectivity index (χ0n) is 11.6. The van der Waals surface area contributed by atoms with Crippen LogP contribution in [0.5, 0.6) is 0 Å². The lowest BCUT2D eigenvalue weighted by molar-refractivity contribution is 0.0746. The maximum absolute atomic E-state index is 5.88. The predicted molar refractivity (Wildman–Crippen MR) is 72.4 cm³/mol. The van der Waals surface area contributed by atoms with Crippen LogP contribution in [-0.4, -0.2) is 57.0 Å². The Hall–Kier alpha value is 0.0169. The molecule has 17 heavy (non-hydrogen) atoms. The van der Waals surface area contributed by atoms with Crippen LogP contribution in [-0.2, 0) is 13.3 Å². The van der Waals surface area contributed by atoms with Gasteiger partial charge in [-0.2, -0.15) is 0 Å². The second-order valence-corrected chi connectivity index (χ2v) is 5.80. The average Bonchev–Trinajstić information content (AvgIpc) is 2.35. The highest BCUT2D eigenvalue weighted by Gasteiger charge is 2.18. The first-order valence-electron chi connectivity index (χ1n) is 6.28. The quantitative estimate of drug-likeness (QED) is 0.394. The van der Waals surface area contributed by atoms with Gasteiger partial charge in [0, 0.05) is 20.3 Å². The fourth-order valence-electron chi connectivity index (χ4n) is 1.66. The molecule has 5 nitrogen and oxygen atoms in total. The maximum atomic E-state index is 5.88. The third-order valence-electron chi connectivity index (χ3n) is 2.59. The van der Waals surface area contributed by atoms with E-state index in [2.05, 4.69) is 10.6 Å². The van der Waals surface area contributed by atoms with Crippen molar-refractivity contribution in [1.29, 1.82) is 0 Å². The molecule has 0 aromatic heterocycles. The summed E-state index contributed by atoms with van der Waals surface area (Å²) in [5.41, 5.74) is 0. The zero-order chi connectivity index (χ0) is 12.9. The Morgan fingerprint density at radius 1 is 0.941 bits per heavy atom. The Kier molecular flexibility index (Phi) is 12.5. The Labute approximate surface area is 107 Å². The average molecular weight is 264 g/mol. The van der Waals surface area contributed by atoms with Gasteiger partial charge in [-0.1, -0.05) is 0 Å². The normalized spacial score (nSPS) is 11.6. The lowest BCUT2D eigenvalue weighted by Gasteiger charge is -2.21. The summed E-state index contributed by atoms with van der Waals surface area (Å²) in [4.78, 5) is 0. The van der Waals surface area contributed by atoms with E-state index in [0.717, 1.165) is 38.8 Å². The van der Waals surface area contributed by atoms with Crippen LogP contribution in [0.4, 0.5) is 0 Å². The molecule has 0 fully saturated rings. The zero-order valence-corrected chi connectivity index (χ0v) is 12.8. The molecule has 0 heterocycles. The summed E-state index contributed by atoms with van der Waals surface area (Å²) in [6.07, 6.45) is 4.61. The second kappa shape index (κ2) is 12.5. The van der Waals surface area contributed by atoms with Gasteiger partial charge in [0.05, 0.1) is 0 Å². The van der Waals surface area contributed by atoms with Gasteiger partial charge < -0.3 is 23.9 Å². The molecule has 0 aromatic rings. The number of nitrogens with one attached hydrogen (secondary N) is 2. The Morgan fingerprint density at radius 3 is 1.76 bits per heavy atom. The molecule has 2 N–H and O–H groups in total. The third kappa shape index (κ3) is 9.69. The number of hydrogen-bond acceptors (Lipinski definition) is 5. The van der Waals surface area contributed by atoms with Crippen molar-refractivity contribution in [3.8, 4) is 0 Å². The minimum absolute atomic E-state index is 0.258. The molecule has 6 heteroatoms. The van der Waals surface area contributed by atoms with Crippen LogP contribution in [0.25, 0.3) is 0 Å². The van der Waals surface area contributed by atoms with E-state index in [0.29, 0.717) is 0 Å². The van der Waals surface area contributed by atoms with Gasteiger partial charge in [-0.25, -0.2) is 0 Å². The first-order chi connectivity index (χ1) is 8.28. The van der Waals surface area contributed by atoms with Crippen LogP contribution in [0, 0.1) is 0 Å². The van der Waals surface area contributed by atoms with E-state index < -0.39 is 9.53 Å². The molecule has 0 saturated heterocycles. The van der Waals surface area contributed by atoms with Crippen molar-refractivity contribution in [2.45, 2.75) is 31.8 Å². The topological polar surface area (TPSA) is 51.8 Å². The van der Waals surface area contributed by atoms with Gasteiger partial charge in [0.25, 0.3) is 0 Å². The van der Waals surface area contributed by atoms with E-state index in [1.165, 1.54) is 0 Å². The molecule has 0 bridgehead atoms. The van der Waals surface area contributed by atoms with Gasteiger partial charge in [0.2, 0.25) is 0 Å². The molecule has 0 atom stereocenters. The van der Waals surface area contributed by atoms with Gasteiger partial charge in [0.1, 0.15) is 0 Å². The van der Waals surface area contributed by atoms with E-state index in [1.807, 2.05) is 14.1 Å². The molecule has 0 radical (unpaired) electrons. The Morgan fingerprint density at radius 2 is 1.41 bits per heavy atom. The molecule has 0 saturated carbocycles. The molecule has 0 amide bonds. The molecular weight excluding hydrogens is 236 g/mol. The molecule has 0 aliphatic heterocycles. The summed E-state index contributed by atoms with van der Waals surface area (Å²) in [7, 11) is 5.35. The summed E-state index contributed by atoms with van der Waals surface area (Å²) in [6.45, 7) is 2.05. The SMILES string of the molecule is CNCCCC(CCCNC)O[SiH](OC)OC. The molecular formula is C11H28N2O3Si. The van der Waals surface area contributed by atoms with Crippen molar-refractivity contribution in [2.75, 3.05) is 41.4 Å². The highest BCUT2D eigenvalue weighted by Crippen LogP contribution is 2.11. The van der Waals surface area contributed by atoms with Crippen molar-refractivity contribution >= 4 is 9.53 Å². The minimum atomic E-state index is -1.89. The largest absolute Gasteiger partial charge is 0.483 e. The second-order valence-electron chi connectivity index (χ2n) is 4.01. The molecule has 104 valence electrons. The monoisotopic (exact) mass is 264 g/mol. The van der Waals surface area contributed by atoms with Crippen LogP contribution < -0.4 is 10.6 Å². The lowest BCUT2D eigenvalue weighted by atomic mass is 10.1. The maximum Gasteiger partial charge on any atom is 0.483 e. The highest BCUT2D eigenvalue weighted by molar-refractivity contribution is 6.36. The first kappa shape index (κ1) is 17.0. The first-order valence-corrected chi connectivity index (χ1v) is 7.70. The van der Waals surface area contributed by atoms with E-state index in [-0.39, 0.29) is 6.10 Å². The smallest absolute Gasteiger partial charge is 0.379 e. The summed E-state index contributed by atoms with van der Waals surface area (Å²) in [5.74, 6) is 0. The van der Waals surface area contributed by atoms with Gasteiger partial charge >= 0.3 is 9.53 Å². The van der Waals surface area contributed by atoms with E-state index >= 15 is 0 Å². The summed E-state index contributed by atoms with van der Waals surface area (Å²) in [5, 5.41) is 6.31. The van der Waals surface area contributed by atoms with Crippen LogP contribution in [0.1, 0.15) is 25.7 Å². The summed E-state index contributed by atoms with van der Waals surface area (Å²) >= 11 is 0. The Bertz CT molecular complexity index is 150.